The molecule has 3 N–H and O–H groups in total. The molecule has 1 heterocycles. The fourth-order valence-electron chi connectivity index (χ4n) is 4.97. The summed E-state index contributed by atoms with van der Waals surface area (Å²) < 4.78 is 5.16. The van der Waals surface area contributed by atoms with Crippen LogP contribution in [-0.4, -0.2) is 42.5 Å². The summed E-state index contributed by atoms with van der Waals surface area (Å²) in [7, 11) is 1.63. The summed E-state index contributed by atoms with van der Waals surface area (Å²) in [5.41, 5.74) is 7.32. The summed E-state index contributed by atoms with van der Waals surface area (Å²) in [5, 5.41) is 2.99. The van der Waals surface area contributed by atoms with Gasteiger partial charge in [-0.1, -0.05) is 12.1 Å². The molecule has 1 aromatic rings. The fourth-order valence-corrected chi connectivity index (χ4v) is 4.97. The second kappa shape index (κ2) is 8.07. The van der Waals surface area contributed by atoms with Gasteiger partial charge in [-0.15, -0.1) is 12.4 Å². The van der Waals surface area contributed by atoms with Gasteiger partial charge in [0.1, 0.15) is 11.8 Å². The number of benzene rings is 1. The Kier molecular flexibility index (Phi) is 5.96. The number of nitrogens with one attached hydrogen (secondary N) is 1. The number of likely N-dealkylation sites (tertiary alicyclic amines) is 1. The average molecular weight is 394 g/mol. The van der Waals surface area contributed by atoms with Crippen molar-refractivity contribution < 1.29 is 14.3 Å². The van der Waals surface area contributed by atoms with E-state index in [1.165, 1.54) is 0 Å². The van der Waals surface area contributed by atoms with Crippen LogP contribution in [-0.2, 0) is 16.1 Å². The van der Waals surface area contributed by atoms with Crippen molar-refractivity contribution in [1.82, 2.24) is 10.2 Å². The first-order valence-corrected chi connectivity index (χ1v) is 9.54. The molecular formula is C20H28ClN3O3. The van der Waals surface area contributed by atoms with Crippen LogP contribution in [0.25, 0.3) is 0 Å². The largest absolute Gasteiger partial charge is 0.497 e. The molecule has 7 heteroatoms. The number of hydrogen-bond acceptors (Lipinski definition) is 4. The van der Waals surface area contributed by atoms with Gasteiger partial charge >= 0.3 is 0 Å². The number of fused-ring (bicyclic) bond motifs is 2. The summed E-state index contributed by atoms with van der Waals surface area (Å²) in [6.07, 6.45) is 3.98. The molecule has 1 saturated heterocycles. The number of carbonyl (C=O) groups excluding carboxylic acids is 2. The molecule has 6 nitrogen and oxygen atoms in total. The highest BCUT2D eigenvalue weighted by atomic mass is 35.5. The third-order valence-corrected chi connectivity index (χ3v) is 6.43. The molecule has 1 aromatic carbocycles. The first-order chi connectivity index (χ1) is 12.6. The molecular weight excluding hydrogens is 366 g/mol. The van der Waals surface area contributed by atoms with Gasteiger partial charge in [0, 0.05) is 19.1 Å². The maximum absolute atomic E-state index is 12.7. The molecule has 0 radical (unpaired) electrons. The minimum atomic E-state index is -0.410. The van der Waals surface area contributed by atoms with Crippen LogP contribution in [0.2, 0.25) is 0 Å². The van der Waals surface area contributed by atoms with Crippen LogP contribution < -0.4 is 15.8 Å². The van der Waals surface area contributed by atoms with Gasteiger partial charge in [0.25, 0.3) is 0 Å². The highest BCUT2D eigenvalue weighted by Crippen LogP contribution is 2.47. The Hall–Kier alpha value is -1.79. The Bertz CT molecular complexity index is 694. The van der Waals surface area contributed by atoms with Crippen molar-refractivity contribution in [2.45, 2.75) is 44.3 Å². The standard InChI is InChI=1S/C20H27N3O3.ClH/c1-26-15-6-2-12(3-7-15)11-23-9-8-16(20(23)25)22-19(24)17-13-4-5-14(10-13)18(17)21;/h2-3,6-7,13-14,16-18H,4-5,8-11,21H2,1H3,(H,22,24);1H. The smallest absolute Gasteiger partial charge is 0.245 e. The van der Waals surface area contributed by atoms with Gasteiger partial charge in [-0.25, -0.2) is 0 Å². The molecule has 2 bridgehead atoms. The van der Waals surface area contributed by atoms with E-state index in [9.17, 15) is 9.59 Å². The number of nitrogens with zero attached hydrogens (tertiary/aromatic N) is 1. The Morgan fingerprint density at radius 3 is 2.56 bits per heavy atom. The molecule has 0 spiro atoms. The van der Waals surface area contributed by atoms with Crippen molar-refractivity contribution in [2.75, 3.05) is 13.7 Å². The lowest BCUT2D eigenvalue weighted by atomic mass is 9.84. The minimum Gasteiger partial charge on any atom is -0.497 e. The van der Waals surface area contributed by atoms with E-state index in [1.807, 2.05) is 29.2 Å². The van der Waals surface area contributed by atoms with Crippen molar-refractivity contribution in [3.05, 3.63) is 29.8 Å². The number of carbonyl (C=O) groups is 2. The number of amides is 2. The van der Waals surface area contributed by atoms with Crippen molar-refractivity contribution in [1.29, 1.82) is 0 Å². The Morgan fingerprint density at radius 1 is 1.22 bits per heavy atom. The van der Waals surface area contributed by atoms with E-state index >= 15 is 0 Å². The van der Waals surface area contributed by atoms with Crippen molar-refractivity contribution in [3.63, 3.8) is 0 Å². The molecule has 1 aliphatic heterocycles. The molecule has 5 unspecified atom stereocenters. The molecule has 3 fully saturated rings. The van der Waals surface area contributed by atoms with Gasteiger partial charge < -0.3 is 20.7 Å². The van der Waals surface area contributed by atoms with E-state index < -0.39 is 6.04 Å². The van der Waals surface area contributed by atoms with Crippen molar-refractivity contribution in [3.8, 4) is 5.75 Å². The molecule has 2 aliphatic carbocycles. The topological polar surface area (TPSA) is 84.7 Å². The zero-order chi connectivity index (χ0) is 18.3. The maximum Gasteiger partial charge on any atom is 0.245 e. The van der Waals surface area contributed by atoms with Crippen molar-refractivity contribution in [2.24, 2.45) is 23.5 Å². The lowest BCUT2D eigenvalue weighted by Crippen LogP contribution is -2.50. The highest BCUT2D eigenvalue weighted by Gasteiger charge is 2.49. The molecule has 0 aromatic heterocycles. The van der Waals surface area contributed by atoms with E-state index in [0.717, 1.165) is 30.6 Å². The van der Waals surface area contributed by atoms with Crippen LogP contribution in [0, 0.1) is 17.8 Å². The Balaban J connectivity index is 0.00000210. The van der Waals surface area contributed by atoms with Crippen LogP contribution in [0.3, 0.4) is 0 Å². The number of ether oxygens (including phenoxy) is 1. The molecule has 2 amide bonds. The lowest BCUT2D eigenvalue weighted by Gasteiger charge is -2.28. The maximum atomic E-state index is 12.7. The van der Waals surface area contributed by atoms with Crippen LogP contribution >= 0.6 is 12.4 Å². The molecule has 5 atom stereocenters. The number of halogens is 1. The number of rotatable bonds is 5. The van der Waals surface area contributed by atoms with Gasteiger partial charge in [-0.05, 0) is 55.2 Å². The van der Waals surface area contributed by atoms with Gasteiger partial charge in [0.05, 0.1) is 13.0 Å². The van der Waals surface area contributed by atoms with E-state index in [2.05, 4.69) is 5.32 Å². The SMILES string of the molecule is COc1ccc(CN2CCC(NC(=O)C3C4CCC(C4)C3N)C2=O)cc1.Cl. The number of hydrogen-bond donors (Lipinski definition) is 2. The predicted octanol–water partition coefficient (Wildman–Crippen LogP) is 1.71. The molecule has 2 saturated carbocycles. The van der Waals surface area contributed by atoms with Crippen LogP contribution in [0.15, 0.2) is 24.3 Å². The fraction of sp³-hybridized carbons (Fsp3) is 0.600. The third kappa shape index (κ3) is 3.78. The highest BCUT2D eigenvalue weighted by molar-refractivity contribution is 5.90. The van der Waals surface area contributed by atoms with E-state index in [4.69, 9.17) is 10.5 Å². The normalized spacial score (nSPS) is 31.7. The average Bonchev–Trinajstić information content (AvgIpc) is 3.33. The second-order valence-corrected chi connectivity index (χ2v) is 7.89. The summed E-state index contributed by atoms with van der Waals surface area (Å²) in [4.78, 5) is 27.2. The second-order valence-electron chi connectivity index (χ2n) is 7.89. The minimum absolute atomic E-state index is 0. The Labute approximate surface area is 166 Å². The van der Waals surface area contributed by atoms with E-state index in [-0.39, 0.29) is 36.2 Å². The predicted molar refractivity (Wildman–Crippen MR) is 105 cm³/mol. The van der Waals surface area contributed by atoms with Gasteiger partial charge in [-0.3, -0.25) is 9.59 Å². The van der Waals surface area contributed by atoms with Gasteiger partial charge in [-0.2, -0.15) is 0 Å². The number of methoxy groups -OCH3 is 1. The number of nitrogens with two attached hydrogens (primary N) is 1. The first kappa shape index (κ1) is 20.0. The zero-order valence-corrected chi connectivity index (χ0v) is 16.4. The summed E-state index contributed by atoms with van der Waals surface area (Å²) in [6, 6.07) is 7.27. The van der Waals surface area contributed by atoms with Crippen LogP contribution in [0.1, 0.15) is 31.2 Å². The third-order valence-electron chi connectivity index (χ3n) is 6.43. The summed E-state index contributed by atoms with van der Waals surface area (Å²) in [6.45, 7) is 1.22. The monoisotopic (exact) mass is 393 g/mol. The van der Waals surface area contributed by atoms with Crippen molar-refractivity contribution >= 4 is 24.2 Å². The zero-order valence-electron chi connectivity index (χ0n) is 15.6. The quantitative estimate of drug-likeness (QED) is 0.797. The lowest BCUT2D eigenvalue weighted by molar-refractivity contribution is -0.135. The molecule has 27 heavy (non-hydrogen) atoms. The van der Waals surface area contributed by atoms with E-state index in [0.29, 0.717) is 31.3 Å². The van der Waals surface area contributed by atoms with Gasteiger partial charge in [0.15, 0.2) is 0 Å². The summed E-state index contributed by atoms with van der Waals surface area (Å²) >= 11 is 0. The molecule has 148 valence electrons. The summed E-state index contributed by atoms with van der Waals surface area (Å²) in [5.74, 6) is 1.56. The van der Waals surface area contributed by atoms with Crippen LogP contribution in [0.4, 0.5) is 0 Å². The Morgan fingerprint density at radius 2 is 1.93 bits per heavy atom. The van der Waals surface area contributed by atoms with E-state index in [1.54, 1.807) is 7.11 Å². The molecule has 4 rings (SSSR count). The van der Waals surface area contributed by atoms with Crippen LogP contribution in [0.5, 0.6) is 5.75 Å². The first-order valence-electron chi connectivity index (χ1n) is 9.54. The van der Waals surface area contributed by atoms with Gasteiger partial charge in [0.2, 0.25) is 11.8 Å². The molecule has 3 aliphatic rings.